The van der Waals surface area contributed by atoms with Crippen LogP contribution >= 0.6 is 0 Å². The van der Waals surface area contributed by atoms with E-state index in [-0.39, 0.29) is 30.8 Å². The van der Waals surface area contributed by atoms with E-state index < -0.39 is 44.8 Å². The first-order chi connectivity index (χ1) is 15.9. The second-order valence-electron chi connectivity index (χ2n) is 8.16. The first-order valence-electron chi connectivity index (χ1n) is 11.6. The Labute approximate surface area is 204 Å². The van der Waals surface area contributed by atoms with Gasteiger partial charge in [0.15, 0.2) is 11.6 Å². The number of rotatable bonds is 20. The first kappa shape index (κ1) is 32.7. The van der Waals surface area contributed by atoms with Crippen molar-refractivity contribution in [3.05, 3.63) is 24.3 Å². The maximum Gasteiger partial charge on any atom is 0.500 e. The Balaban J connectivity index is 5.49. The van der Waals surface area contributed by atoms with Gasteiger partial charge in [0.2, 0.25) is 0 Å². The molecular formula is C23H43NO9Si. The van der Waals surface area contributed by atoms with Gasteiger partial charge in [-0.25, -0.2) is 0 Å². The zero-order valence-electron chi connectivity index (χ0n) is 21.2. The molecule has 0 fully saturated rings. The van der Waals surface area contributed by atoms with Crippen LogP contribution in [0.1, 0.15) is 41.0 Å². The molecule has 0 aromatic rings. The number of hydrogen-bond acceptors (Lipinski definition) is 10. The van der Waals surface area contributed by atoms with Gasteiger partial charge >= 0.3 is 8.80 Å². The molecule has 0 aliphatic carbocycles. The fourth-order valence-electron chi connectivity index (χ4n) is 3.36. The van der Waals surface area contributed by atoms with Crippen molar-refractivity contribution < 1.29 is 43.3 Å². The highest BCUT2D eigenvalue weighted by atomic mass is 28.4. The minimum Gasteiger partial charge on any atom is -0.389 e. The fourth-order valence-corrected chi connectivity index (χ4v) is 5.95. The second kappa shape index (κ2) is 16.4. The lowest BCUT2D eigenvalue weighted by molar-refractivity contribution is -0.131. The normalized spacial score (nSPS) is 15.6. The predicted octanol–water partition coefficient (Wildman–Crippen LogP) is 0.461. The Morgan fingerprint density at radius 2 is 1.15 bits per heavy atom. The maximum atomic E-state index is 12.0. The van der Waals surface area contributed by atoms with Gasteiger partial charge in [-0.05, 0) is 58.7 Å². The third-order valence-corrected chi connectivity index (χ3v) is 8.20. The van der Waals surface area contributed by atoms with Crippen molar-refractivity contribution in [1.82, 2.24) is 4.90 Å². The Morgan fingerprint density at radius 3 is 1.44 bits per heavy atom. The molecule has 0 saturated carbocycles. The summed E-state index contributed by atoms with van der Waals surface area (Å²) in [7, 11) is -2.93. The van der Waals surface area contributed by atoms with Gasteiger partial charge in [0.05, 0.1) is 0 Å². The topological polar surface area (TPSA) is 146 Å². The van der Waals surface area contributed by atoms with Crippen molar-refractivity contribution in [3.63, 3.8) is 0 Å². The summed E-state index contributed by atoms with van der Waals surface area (Å²) in [5.41, 5.74) is 0.197. The Bertz CT molecular complexity index is 616. The summed E-state index contributed by atoms with van der Waals surface area (Å²) in [5.74, 6) is -1.39. The van der Waals surface area contributed by atoms with E-state index in [4.69, 9.17) is 13.3 Å². The molecule has 0 saturated heterocycles. The number of aliphatic hydroxyl groups is 4. The van der Waals surface area contributed by atoms with Gasteiger partial charge < -0.3 is 33.7 Å². The molecule has 0 aliphatic heterocycles. The highest BCUT2D eigenvalue weighted by Gasteiger charge is 2.40. The zero-order valence-corrected chi connectivity index (χ0v) is 22.2. The maximum absolute atomic E-state index is 12.0. The lowest BCUT2D eigenvalue weighted by Gasteiger charge is -2.32. The number of nitrogens with zero attached hydrogens (tertiary/aromatic N) is 1. The van der Waals surface area contributed by atoms with Crippen molar-refractivity contribution >= 4 is 20.4 Å². The van der Waals surface area contributed by atoms with Crippen LogP contribution in [0.5, 0.6) is 0 Å². The van der Waals surface area contributed by atoms with Gasteiger partial charge in [-0.2, -0.15) is 0 Å². The SMILES string of the molecule is C=C(C)C(=O)C(O)C(O)CN(CCC[Si](OCC)(OCC)OCC)CC(O)C(O)C(=O)C(=C)C. The summed E-state index contributed by atoms with van der Waals surface area (Å²) in [6.07, 6.45) is -5.86. The average molecular weight is 506 g/mol. The third kappa shape index (κ3) is 11.0. The molecule has 198 valence electrons. The highest BCUT2D eigenvalue weighted by molar-refractivity contribution is 6.60. The van der Waals surface area contributed by atoms with E-state index >= 15 is 0 Å². The first-order valence-corrected chi connectivity index (χ1v) is 13.5. The second-order valence-corrected chi connectivity index (χ2v) is 10.9. The van der Waals surface area contributed by atoms with E-state index in [2.05, 4.69) is 13.2 Å². The Morgan fingerprint density at radius 1 is 0.794 bits per heavy atom. The van der Waals surface area contributed by atoms with E-state index in [1.807, 2.05) is 20.8 Å². The van der Waals surface area contributed by atoms with Gasteiger partial charge in [-0.1, -0.05) is 13.2 Å². The Hall–Kier alpha value is -1.28. The summed E-state index contributed by atoms with van der Waals surface area (Å²) in [4.78, 5) is 25.6. The van der Waals surface area contributed by atoms with Crippen LogP contribution in [0.15, 0.2) is 24.3 Å². The summed E-state index contributed by atoms with van der Waals surface area (Å²) in [6.45, 7) is 16.5. The van der Waals surface area contributed by atoms with Gasteiger partial charge in [-0.3, -0.25) is 14.5 Å². The lowest BCUT2D eigenvalue weighted by atomic mass is 10.0. The molecule has 0 aliphatic rings. The zero-order chi connectivity index (χ0) is 26.5. The summed E-state index contributed by atoms with van der Waals surface area (Å²) in [5, 5.41) is 41.2. The van der Waals surface area contributed by atoms with Crippen molar-refractivity contribution in [3.8, 4) is 0 Å². The molecule has 0 radical (unpaired) electrons. The molecule has 4 atom stereocenters. The van der Waals surface area contributed by atoms with E-state index in [1.54, 1.807) is 4.90 Å². The molecule has 0 heterocycles. The number of Topliss-reactive ketones (excluding diaryl/α,β-unsaturated/α-hetero) is 2. The van der Waals surface area contributed by atoms with Crippen molar-refractivity contribution in [2.45, 2.75) is 71.5 Å². The van der Waals surface area contributed by atoms with Gasteiger partial charge in [0.1, 0.15) is 24.4 Å². The number of ketones is 2. The van der Waals surface area contributed by atoms with Gasteiger partial charge in [0, 0.05) is 39.0 Å². The van der Waals surface area contributed by atoms with Crippen LogP contribution in [-0.4, -0.2) is 110 Å². The average Bonchev–Trinajstić information content (AvgIpc) is 2.77. The molecule has 0 rings (SSSR count). The minimum absolute atomic E-state index is 0.0986. The van der Waals surface area contributed by atoms with Gasteiger partial charge in [0.25, 0.3) is 0 Å². The van der Waals surface area contributed by atoms with Crippen LogP contribution < -0.4 is 0 Å². The predicted molar refractivity (Wildman–Crippen MR) is 130 cm³/mol. The van der Waals surface area contributed by atoms with E-state index in [9.17, 15) is 30.0 Å². The van der Waals surface area contributed by atoms with E-state index in [0.29, 0.717) is 32.3 Å². The molecule has 0 spiro atoms. The number of aliphatic hydroxyl groups excluding tert-OH is 4. The molecule has 0 amide bonds. The lowest BCUT2D eigenvalue weighted by Crippen LogP contribution is -2.49. The Kier molecular flexibility index (Phi) is 15.8. The van der Waals surface area contributed by atoms with Crippen LogP contribution in [0.3, 0.4) is 0 Å². The monoisotopic (exact) mass is 505 g/mol. The van der Waals surface area contributed by atoms with E-state index in [1.165, 1.54) is 13.8 Å². The molecule has 10 nitrogen and oxygen atoms in total. The minimum atomic E-state index is -2.93. The molecule has 0 aromatic carbocycles. The standard InChI is InChI=1S/C23H43NO9Si/c1-8-31-34(32-9-2,33-10-3)13-11-12-24(14-18(25)22(29)20(27)16(4)5)15-19(26)23(30)21(28)17(6)7/h18-19,22-23,25-26,29-30H,4,6,8-15H2,1-3,5,7H3. The van der Waals surface area contributed by atoms with Crippen molar-refractivity contribution in [2.75, 3.05) is 39.5 Å². The quantitative estimate of drug-likeness (QED) is 0.136. The van der Waals surface area contributed by atoms with Crippen molar-refractivity contribution in [1.29, 1.82) is 0 Å². The summed E-state index contributed by atoms with van der Waals surface area (Å²) >= 11 is 0. The molecular weight excluding hydrogens is 462 g/mol. The van der Waals surface area contributed by atoms with E-state index in [0.717, 1.165) is 0 Å². The van der Waals surface area contributed by atoms with Crippen LogP contribution in [0.2, 0.25) is 6.04 Å². The molecule has 4 N–H and O–H groups in total. The molecule has 0 aromatic heterocycles. The number of carbonyl (C=O) groups is 2. The van der Waals surface area contributed by atoms with Gasteiger partial charge in [-0.15, -0.1) is 0 Å². The molecule has 0 bridgehead atoms. The number of hydrogen-bond donors (Lipinski definition) is 4. The van der Waals surface area contributed by atoms with Crippen LogP contribution in [-0.2, 0) is 22.9 Å². The summed E-state index contributed by atoms with van der Waals surface area (Å²) in [6, 6.07) is 0.450. The summed E-state index contributed by atoms with van der Waals surface area (Å²) < 4.78 is 17.5. The van der Waals surface area contributed by atoms with Crippen LogP contribution in [0.4, 0.5) is 0 Å². The smallest absolute Gasteiger partial charge is 0.389 e. The molecule has 11 heteroatoms. The molecule has 4 unspecified atom stereocenters. The van der Waals surface area contributed by atoms with Crippen molar-refractivity contribution in [2.24, 2.45) is 0 Å². The fraction of sp³-hybridized carbons (Fsp3) is 0.739. The highest BCUT2D eigenvalue weighted by Crippen LogP contribution is 2.19. The third-order valence-electron chi connectivity index (χ3n) is 5.05. The number of carbonyl (C=O) groups excluding carboxylic acids is 2. The largest absolute Gasteiger partial charge is 0.500 e. The molecule has 34 heavy (non-hydrogen) atoms. The van der Waals surface area contributed by atoms with Crippen LogP contribution in [0.25, 0.3) is 0 Å². The van der Waals surface area contributed by atoms with Crippen LogP contribution in [0, 0.1) is 0 Å².